The van der Waals surface area contributed by atoms with Crippen LogP contribution in [0.1, 0.15) is 50.0 Å². The van der Waals surface area contributed by atoms with E-state index in [4.69, 9.17) is 4.42 Å². The lowest BCUT2D eigenvalue weighted by Gasteiger charge is -2.57. The molecule has 5 aliphatic rings. The van der Waals surface area contributed by atoms with Crippen LogP contribution in [0.3, 0.4) is 0 Å². The lowest BCUT2D eigenvalue weighted by molar-refractivity contribution is -0.160. The lowest BCUT2D eigenvalue weighted by atomic mass is 9.49. The number of hydrogen-bond donors (Lipinski definition) is 0. The molecule has 1 saturated heterocycles. The van der Waals surface area contributed by atoms with Gasteiger partial charge in [0.2, 0.25) is 11.8 Å². The van der Waals surface area contributed by atoms with Gasteiger partial charge in [0, 0.05) is 31.6 Å². The van der Waals surface area contributed by atoms with Crippen molar-refractivity contribution in [3.05, 3.63) is 29.0 Å². The van der Waals surface area contributed by atoms with Gasteiger partial charge < -0.3 is 14.2 Å². The van der Waals surface area contributed by atoms with Crippen LogP contribution in [0.15, 0.2) is 21.9 Å². The zero-order valence-electron chi connectivity index (χ0n) is 18.7. The van der Waals surface area contributed by atoms with Gasteiger partial charge in [0.25, 0.3) is 0 Å². The maximum absolute atomic E-state index is 13.6. The number of aryl methyl sites for hydroxylation is 1. The van der Waals surface area contributed by atoms with E-state index in [1.165, 1.54) is 30.6 Å². The standard InChI is InChI=1S/C25H31N3O3S/c1-16-2-3-21(31-16)23-26-20(15-32-23)11-22(29)27-4-6-28(7-5-27)24(30)25-12-17-8-18(13-25)10-19(9-17)14-25/h2-3,15,17-19H,4-14H2,1H3. The molecule has 6 nitrogen and oxygen atoms in total. The number of carbonyl (C=O) groups excluding carboxylic acids is 2. The van der Waals surface area contributed by atoms with Crippen LogP contribution >= 0.6 is 11.3 Å². The summed E-state index contributed by atoms with van der Waals surface area (Å²) in [5, 5.41) is 2.75. The summed E-state index contributed by atoms with van der Waals surface area (Å²) >= 11 is 1.51. The van der Waals surface area contributed by atoms with Gasteiger partial charge in [-0.25, -0.2) is 4.98 Å². The van der Waals surface area contributed by atoms with Crippen molar-refractivity contribution >= 4 is 23.2 Å². The minimum absolute atomic E-state index is 0.0812. The summed E-state index contributed by atoms with van der Waals surface area (Å²) in [7, 11) is 0. The van der Waals surface area contributed by atoms with E-state index in [2.05, 4.69) is 9.88 Å². The van der Waals surface area contributed by atoms with E-state index in [0.29, 0.717) is 38.5 Å². The van der Waals surface area contributed by atoms with E-state index < -0.39 is 0 Å². The number of rotatable bonds is 4. The first kappa shape index (κ1) is 20.5. The molecule has 0 spiro atoms. The lowest BCUT2D eigenvalue weighted by Crippen LogP contribution is -2.58. The number of nitrogens with zero attached hydrogens (tertiary/aromatic N) is 3. The summed E-state index contributed by atoms with van der Waals surface area (Å²) in [5.41, 5.74) is 0.707. The molecular formula is C25H31N3O3S. The molecule has 3 heterocycles. The van der Waals surface area contributed by atoms with E-state index in [1.54, 1.807) is 0 Å². The van der Waals surface area contributed by atoms with E-state index in [9.17, 15) is 9.59 Å². The molecule has 4 aliphatic carbocycles. The Balaban J connectivity index is 1.05. The van der Waals surface area contributed by atoms with Crippen LogP contribution in [-0.2, 0) is 16.0 Å². The van der Waals surface area contributed by atoms with Crippen LogP contribution in [0, 0.1) is 30.1 Å². The number of thiazole rings is 1. The molecule has 2 amide bonds. The number of carbonyl (C=O) groups is 2. The van der Waals surface area contributed by atoms with Gasteiger partial charge in [0.1, 0.15) is 5.76 Å². The number of amides is 2. The van der Waals surface area contributed by atoms with Crippen molar-refractivity contribution in [2.45, 2.75) is 51.9 Å². The summed E-state index contributed by atoms with van der Waals surface area (Å²) in [4.78, 5) is 35.0. The van der Waals surface area contributed by atoms with Gasteiger partial charge in [-0.3, -0.25) is 9.59 Å². The highest BCUT2D eigenvalue weighted by atomic mass is 32.1. The minimum Gasteiger partial charge on any atom is -0.459 e. The third-order valence-electron chi connectivity index (χ3n) is 8.25. The fourth-order valence-electron chi connectivity index (χ4n) is 7.18. The molecular weight excluding hydrogens is 422 g/mol. The van der Waals surface area contributed by atoms with Crippen molar-refractivity contribution in [3.8, 4) is 10.8 Å². The Hall–Kier alpha value is -2.15. The highest BCUT2D eigenvalue weighted by molar-refractivity contribution is 7.13. The molecule has 5 fully saturated rings. The normalized spacial score (nSPS) is 31.3. The zero-order chi connectivity index (χ0) is 21.9. The summed E-state index contributed by atoms with van der Waals surface area (Å²) in [6, 6.07) is 3.84. The first-order valence-corrected chi connectivity index (χ1v) is 12.9. The Bertz CT molecular complexity index is 998. The SMILES string of the molecule is Cc1ccc(-c2nc(CC(=O)N3CCN(C(=O)C45CC6CC(CC(C6)C4)C5)CC3)cs2)o1. The molecule has 7 rings (SSSR count). The van der Waals surface area contributed by atoms with E-state index in [0.717, 1.165) is 59.2 Å². The molecule has 0 atom stereocenters. The average Bonchev–Trinajstić information content (AvgIpc) is 3.41. The van der Waals surface area contributed by atoms with Crippen LogP contribution in [-0.4, -0.2) is 52.8 Å². The maximum Gasteiger partial charge on any atom is 0.228 e. The van der Waals surface area contributed by atoms with Crippen molar-refractivity contribution in [2.75, 3.05) is 26.2 Å². The monoisotopic (exact) mass is 453 g/mol. The second-order valence-electron chi connectivity index (χ2n) is 10.6. The predicted molar refractivity (Wildman–Crippen MR) is 122 cm³/mol. The van der Waals surface area contributed by atoms with Crippen LogP contribution in [0.4, 0.5) is 0 Å². The van der Waals surface area contributed by atoms with Gasteiger partial charge in [-0.2, -0.15) is 0 Å². The van der Waals surface area contributed by atoms with Gasteiger partial charge in [-0.15, -0.1) is 11.3 Å². The predicted octanol–water partition coefficient (Wildman–Crippen LogP) is 4.14. The molecule has 2 aromatic heterocycles. The van der Waals surface area contributed by atoms with Gasteiger partial charge in [0.15, 0.2) is 10.8 Å². The number of hydrogen-bond acceptors (Lipinski definition) is 5. The van der Waals surface area contributed by atoms with Gasteiger partial charge in [-0.05, 0) is 75.3 Å². The van der Waals surface area contributed by atoms with Gasteiger partial charge >= 0.3 is 0 Å². The van der Waals surface area contributed by atoms with Crippen molar-refractivity contribution in [1.82, 2.24) is 14.8 Å². The van der Waals surface area contributed by atoms with Crippen LogP contribution in [0.2, 0.25) is 0 Å². The van der Waals surface area contributed by atoms with Crippen LogP contribution < -0.4 is 0 Å². The van der Waals surface area contributed by atoms with Crippen molar-refractivity contribution < 1.29 is 14.0 Å². The molecule has 170 valence electrons. The Kier molecular flexibility index (Phi) is 4.93. The third kappa shape index (κ3) is 3.58. The molecule has 4 bridgehead atoms. The zero-order valence-corrected chi connectivity index (χ0v) is 19.5. The Labute approximate surface area is 193 Å². The highest BCUT2D eigenvalue weighted by Crippen LogP contribution is 2.60. The maximum atomic E-state index is 13.6. The largest absolute Gasteiger partial charge is 0.459 e. The van der Waals surface area contributed by atoms with E-state index in [1.807, 2.05) is 29.3 Å². The summed E-state index contributed by atoms with van der Waals surface area (Å²) in [6.45, 7) is 4.51. The molecule has 2 aromatic rings. The third-order valence-corrected chi connectivity index (χ3v) is 9.15. The molecule has 0 aromatic carbocycles. The van der Waals surface area contributed by atoms with Crippen molar-refractivity contribution in [1.29, 1.82) is 0 Å². The molecule has 0 unspecified atom stereocenters. The average molecular weight is 454 g/mol. The smallest absolute Gasteiger partial charge is 0.228 e. The highest BCUT2D eigenvalue weighted by Gasteiger charge is 2.55. The molecule has 0 radical (unpaired) electrons. The summed E-state index contributed by atoms with van der Waals surface area (Å²) < 4.78 is 5.64. The second kappa shape index (κ2) is 7.72. The fraction of sp³-hybridized carbons (Fsp3) is 0.640. The van der Waals surface area contributed by atoms with Crippen molar-refractivity contribution in [2.24, 2.45) is 23.2 Å². The van der Waals surface area contributed by atoms with Crippen molar-refractivity contribution in [3.63, 3.8) is 0 Å². The number of piperazine rings is 1. The minimum atomic E-state index is -0.0812. The molecule has 0 N–H and O–H groups in total. The first-order valence-electron chi connectivity index (χ1n) is 12.1. The van der Waals surface area contributed by atoms with Gasteiger partial charge in [-0.1, -0.05) is 0 Å². The molecule has 7 heteroatoms. The molecule has 4 saturated carbocycles. The summed E-state index contributed by atoms with van der Waals surface area (Å²) in [5.74, 6) is 4.43. The van der Waals surface area contributed by atoms with Crippen LogP contribution in [0.25, 0.3) is 10.8 Å². The Morgan fingerprint density at radius 3 is 2.25 bits per heavy atom. The fourth-order valence-corrected chi connectivity index (χ4v) is 7.96. The summed E-state index contributed by atoms with van der Waals surface area (Å²) in [6.07, 6.45) is 7.69. The van der Waals surface area contributed by atoms with Crippen LogP contribution in [0.5, 0.6) is 0 Å². The first-order chi connectivity index (χ1) is 15.5. The molecule has 1 aliphatic heterocycles. The quantitative estimate of drug-likeness (QED) is 0.698. The topological polar surface area (TPSA) is 66.7 Å². The number of furan rings is 1. The number of aromatic nitrogens is 1. The van der Waals surface area contributed by atoms with Gasteiger partial charge in [0.05, 0.1) is 17.5 Å². The Morgan fingerprint density at radius 1 is 1.03 bits per heavy atom. The Morgan fingerprint density at radius 2 is 1.66 bits per heavy atom. The second-order valence-corrected chi connectivity index (χ2v) is 11.5. The van der Waals surface area contributed by atoms with E-state index >= 15 is 0 Å². The molecule has 32 heavy (non-hydrogen) atoms. The van der Waals surface area contributed by atoms with E-state index in [-0.39, 0.29) is 11.3 Å².